The SMILES string of the molecule is COc1ccc(S(=O)(=O)C(N)(OCc2ccccc2)[C@H](O)[C@H](Cc2ccccc2)NC(=O)OC(C)(C)C)cc1. The first-order chi connectivity index (χ1) is 18.4. The average Bonchev–Trinajstić information content (AvgIpc) is 2.91. The van der Waals surface area contributed by atoms with Gasteiger partial charge in [0.1, 0.15) is 17.5 Å². The molecule has 1 amide bonds. The maximum absolute atomic E-state index is 14.0. The molecule has 10 heteroatoms. The Kier molecular flexibility index (Phi) is 9.73. The zero-order chi connectivity index (χ0) is 28.7. The van der Waals surface area contributed by atoms with E-state index in [1.54, 1.807) is 69.3 Å². The second-order valence-electron chi connectivity index (χ2n) is 10.1. The van der Waals surface area contributed by atoms with Crippen molar-refractivity contribution >= 4 is 15.9 Å². The van der Waals surface area contributed by atoms with Crippen molar-refractivity contribution in [2.45, 2.75) is 61.5 Å². The normalized spacial score (nSPS) is 15.0. The van der Waals surface area contributed by atoms with Gasteiger partial charge < -0.3 is 24.6 Å². The zero-order valence-electron chi connectivity index (χ0n) is 22.5. The molecule has 0 saturated carbocycles. The van der Waals surface area contributed by atoms with Crippen molar-refractivity contribution in [3.05, 3.63) is 96.1 Å². The minimum absolute atomic E-state index is 0.0486. The van der Waals surface area contributed by atoms with Crippen LogP contribution in [0.1, 0.15) is 31.9 Å². The highest BCUT2D eigenvalue weighted by atomic mass is 32.2. The van der Waals surface area contributed by atoms with Gasteiger partial charge in [-0.25, -0.2) is 13.2 Å². The molecule has 3 aromatic carbocycles. The van der Waals surface area contributed by atoms with Crippen LogP contribution in [0.5, 0.6) is 5.75 Å². The van der Waals surface area contributed by atoms with Crippen LogP contribution in [-0.2, 0) is 32.3 Å². The maximum atomic E-state index is 14.0. The van der Waals surface area contributed by atoms with Crippen molar-refractivity contribution in [2.75, 3.05) is 7.11 Å². The third kappa shape index (κ3) is 7.79. The fourth-order valence-electron chi connectivity index (χ4n) is 3.88. The summed E-state index contributed by atoms with van der Waals surface area (Å²) >= 11 is 0. The Morgan fingerprint density at radius 1 is 0.923 bits per heavy atom. The molecule has 9 nitrogen and oxygen atoms in total. The molecule has 3 atom stereocenters. The number of aliphatic hydroxyl groups excluding tert-OH is 1. The minimum atomic E-state index is -4.55. The summed E-state index contributed by atoms with van der Waals surface area (Å²) in [5.41, 5.74) is 7.08. The smallest absolute Gasteiger partial charge is 0.407 e. The predicted molar refractivity (Wildman–Crippen MR) is 148 cm³/mol. The molecule has 39 heavy (non-hydrogen) atoms. The molecule has 0 aliphatic rings. The van der Waals surface area contributed by atoms with Crippen LogP contribution in [0, 0.1) is 0 Å². The number of alkyl carbamates (subject to hydrolysis) is 1. The number of hydrogen-bond donors (Lipinski definition) is 3. The molecule has 0 bridgehead atoms. The Hall–Kier alpha value is -3.44. The molecule has 0 aliphatic carbocycles. The van der Waals surface area contributed by atoms with E-state index in [9.17, 15) is 18.3 Å². The molecule has 3 rings (SSSR count). The second-order valence-corrected chi connectivity index (χ2v) is 12.2. The molecule has 210 valence electrons. The number of methoxy groups -OCH3 is 1. The van der Waals surface area contributed by atoms with Gasteiger partial charge in [-0.15, -0.1) is 0 Å². The van der Waals surface area contributed by atoms with E-state index < -0.39 is 38.7 Å². The Bertz CT molecular complexity index is 1310. The van der Waals surface area contributed by atoms with E-state index in [-0.39, 0.29) is 17.9 Å². The average molecular weight is 557 g/mol. The zero-order valence-corrected chi connectivity index (χ0v) is 23.4. The first kappa shape index (κ1) is 30.1. The molecule has 0 aromatic heterocycles. The second kappa shape index (κ2) is 12.6. The van der Waals surface area contributed by atoms with Gasteiger partial charge in [-0.2, -0.15) is 0 Å². The van der Waals surface area contributed by atoms with Gasteiger partial charge in [0.2, 0.25) is 9.84 Å². The summed E-state index contributed by atoms with van der Waals surface area (Å²) in [6.07, 6.45) is -2.71. The molecule has 0 radical (unpaired) electrons. The number of benzene rings is 3. The number of rotatable bonds is 11. The molecule has 3 aromatic rings. The Morgan fingerprint density at radius 2 is 1.46 bits per heavy atom. The first-order valence-corrected chi connectivity index (χ1v) is 13.9. The van der Waals surface area contributed by atoms with Gasteiger partial charge in [0.25, 0.3) is 5.06 Å². The molecule has 1 unspecified atom stereocenters. The lowest BCUT2D eigenvalue weighted by atomic mass is 10.00. The highest BCUT2D eigenvalue weighted by molar-refractivity contribution is 7.92. The Labute approximate surface area is 229 Å². The van der Waals surface area contributed by atoms with Crippen LogP contribution in [0.15, 0.2) is 89.8 Å². The molecule has 4 N–H and O–H groups in total. The van der Waals surface area contributed by atoms with Crippen molar-refractivity contribution in [3.63, 3.8) is 0 Å². The van der Waals surface area contributed by atoms with E-state index in [1.165, 1.54) is 31.4 Å². The summed E-state index contributed by atoms with van der Waals surface area (Å²) in [5.74, 6) is 0.441. The highest BCUT2D eigenvalue weighted by Gasteiger charge is 2.52. The van der Waals surface area contributed by atoms with Crippen LogP contribution in [-0.4, -0.2) is 49.5 Å². The standard InChI is InChI=1S/C29H36N2O7S/c1-28(2,3)38-27(33)31-25(19-21-11-7-5-8-12-21)26(32)29(30,37-20-22-13-9-6-10-14-22)39(34,35)24-17-15-23(36-4)16-18-24/h5-18,25-26,32H,19-20,30H2,1-4H3,(H,31,33)/t25-,26+,29?/m0/s1. The van der Waals surface area contributed by atoms with E-state index in [4.69, 9.17) is 19.9 Å². The summed E-state index contributed by atoms with van der Waals surface area (Å²) in [6.45, 7) is 4.87. The third-order valence-electron chi connectivity index (χ3n) is 5.89. The number of nitrogens with one attached hydrogen (secondary N) is 1. The molecule has 0 heterocycles. The van der Waals surface area contributed by atoms with Gasteiger partial charge in [0.15, 0.2) is 0 Å². The number of hydrogen-bond acceptors (Lipinski definition) is 8. The molecular formula is C29H36N2O7S. The van der Waals surface area contributed by atoms with Crippen LogP contribution in [0.25, 0.3) is 0 Å². The minimum Gasteiger partial charge on any atom is -0.497 e. The molecule has 0 aliphatic heterocycles. The molecular weight excluding hydrogens is 520 g/mol. The van der Waals surface area contributed by atoms with Gasteiger partial charge in [-0.1, -0.05) is 60.7 Å². The predicted octanol–water partition coefficient (Wildman–Crippen LogP) is 3.80. The summed E-state index contributed by atoms with van der Waals surface area (Å²) in [7, 11) is -3.09. The van der Waals surface area contributed by atoms with Gasteiger partial charge in [0, 0.05) is 0 Å². The molecule has 0 fully saturated rings. The van der Waals surface area contributed by atoms with E-state index >= 15 is 0 Å². The van der Waals surface area contributed by atoms with E-state index in [0.29, 0.717) is 11.3 Å². The number of carbonyl (C=O) groups excluding carboxylic acids is 1. The number of nitrogens with two attached hydrogens (primary N) is 1. The van der Waals surface area contributed by atoms with Crippen LogP contribution in [0.4, 0.5) is 4.79 Å². The van der Waals surface area contributed by atoms with Crippen molar-refractivity contribution < 1.29 is 32.5 Å². The fourth-order valence-corrected chi connectivity index (χ4v) is 5.44. The van der Waals surface area contributed by atoms with Gasteiger partial charge >= 0.3 is 6.09 Å². The fraction of sp³-hybridized carbons (Fsp3) is 0.345. The first-order valence-electron chi connectivity index (χ1n) is 12.4. The van der Waals surface area contributed by atoms with Gasteiger partial charge in [0.05, 0.1) is 24.7 Å². The summed E-state index contributed by atoms with van der Waals surface area (Å²) < 4.78 is 44.4. The lowest BCUT2D eigenvalue weighted by Crippen LogP contribution is -2.66. The lowest BCUT2D eigenvalue weighted by Gasteiger charge is -2.38. The Morgan fingerprint density at radius 3 is 1.97 bits per heavy atom. The number of ether oxygens (including phenoxy) is 3. The van der Waals surface area contributed by atoms with Crippen molar-refractivity contribution in [1.82, 2.24) is 5.32 Å². The summed E-state index contributed by atoms with van der Waals surface area (Å²) in [5, 5.41) is 11.6. The maximum Gasteiger partial charge on any atom is 0.407 e. The number of carbonyl (C=O) groups is 1. The van der Waals surface area contributed by atoms with E-state index in [1.807, 2.05) is 12.1 Å². The number of sulfone groups is 1. The monoisotopic (exact) mass is 556 g/mol. The largest absolute Gasteiger partial charge is 0.497 e. The molecule has 0 saturated heterocycles. The topological polar surface area (TPSA) is 137 Å². The van der Waals surface area contributed by atoms with Crippen LogP contribution >= 0.6 is 0 Å². The highest BCUT2D eigenvalue weighted by Crippen LogP contribution is 2.31. The summed E-state index contributed by atoms with van der Waals surface area (Å²) in [6, 6.07) is 22.2. The summed E-state index contributed by atoms with van der Waals surface area (Å²) in [4.78, 5) is 12.6. The number of amides is 1. The Balaban J connectivity index is 2.05. The van der Waals surface area contributed by atoms with Crippen LogP contribution < -0.4 is 15.8 Å². The van der Waals surface area contributed by atoms with E-state index in [2.05, 4.69) is 5.32 Å². The van der Waals surface area contributed by atoms with Crippen molar-refractivity contribution in [3.8, 4) is 5.75 Å². The van der Waals surface area contributed by atoms with Gasteiger partial charge in [-0.3, -0.25) is 5.73 Å². The third-order valence-corrected chi connectivity index (χ3v) is 7.98. The van der Waals surface area contributed by atoms with Crippen molar-refractivity contribution in [2.24, 2.45) is 5.73 Å². The van der Waals surface area contributed by atoms with Gasteiger partial charge in [-0.05, 0) is 62.6 Å². The molecule has 0 spiro atoms. The van der Waals surface area contributed by atoms with Crippen molar-refractivity contribution in [1.29, 1.82) is 0 Å². The lowest BCUT2D eigenvalue weighted by molar-refractivity contribution is -0.0863. The number of aliphatic hydroxyl groups is 1. The van der Waals surface area contributed by atoms with E-state index in [0.717, 1.165) is 5.56 Å². The van der Waals surface area contributed by atoms with Crippen LogP contribution in [0.3, 0.4) is 0 Å². The van der Waals surface area contributed by atoms with Crippen LogP contribution in [0.2, 0.25) is 0 Å². The quantitative estimate of drug-likeness (QED) is 0.303.